The van der Waals surface area contributed by atoms with Gasteiger partial charge in [-0.3, -0.25) is 4.79 Å². The summed E-state index contributed by atoms with van der Waals surface area (Å²) in [4.78, 5) is 22.4. The zero-order valence-corrected chi connectivity index (χ0v) is 16.4. The summed E-state index contributed by atoms with van der Waals surface area (Å²) in [5.41, 5.74) is 2.31. The monoisotopic (exact) mass is 421 g/mol. The average molecular weight is 422 g/mol. The Labute approximate surface area is 156 Å². The van der Waals surface area contributed by atoms with Crippen LogP contribution in [0.4, 0.5) is 5.13 Å². The fourth-order valence-electron chi connectivity index (χ4n) is 2.90. The van der Waals surface area contributed by atoms with Crippen molar-refractivity contribution in [2.75, 3.05) is 31.1 Å². The van der Waals surface area contributed by atoms with Crippen LogP contribution < -0.4 is 4.90 Å². The SMILES string of the molecule is Cc1cccc2sc(N3CCN(C(=O)c4ccc(Br)s4)CC3)nc12. The minimum Gasteiger partial charge on any atom is -0.345 e. The molecular formula is C17H16BrN3OS2. The van der Waals surface area contributed by atoms with Gasteiger partial charge in [0.25, 0.3) is 5.91 Å². The predicted molar refractivity (Wildman–Crippen MR) is 104 cm³/mol. The molecule has 0 saturated carbocycles. The molecule has 124 valence electrons. The standard InChI is InChI=1S/C17H16BrN3OS2/c1-11-3-2-4-12-15(11)19-17(24-12)21-9-7-20(8-10-21)16(22)13-5-6-14(18)23-13/h2-6H,7-10H2,1H3. The first-order chi connectivity index (χ1) is 11.6. The molecule has 24 heavy (non-hydrogen) atoms. The number of thiophene rings is 1. The van der Waals surface area contributed by atoms with E-state index in [1.807, 2.05) is 17.0 Å². The fourth-order valence-corrected chi connectivity index (χ4v) is 5.34. The van der Waals surface area contributed by atoms with Gasteiger partial charge in [-0.25, -0.2) is 4.98 Å². The normalized spacial score (nSPS) is 15.2. The topological polar surface area (TPSA) is 36.4 Å². The first-order valence-corrected chi connectivity index (χ1v) is 10.2. The first kappa shape index (κ1) is 16.1. The van der Waals surface area contributed by atoms with Crippen LogP contribution in [0.25, 0.3) is 10.2 Å². The molecule has 2 aromatic heterocycles. The Hall–Kier alpha value is -1.44. The van der Waals surface area contributed by atoms with Crippen molar-refractivity contribution in [1.29, 1.82) is 0 Å². The van der Waals surface area contributed by atoms with E-state index in [0.717, 1.165) is 45.5 Å². The minimum atomic E-state index is 0.130. The van der Waals surface area contributed by atoms with Crippen LogP contribution in [0.15, 0.2) is 34.1 Å². The average Bonchev–Trinajstić information content (AvgIpc) is 3.21. The summed E-state index contributed by atoms with van der Waals surface area (Å²) in [5, 5.41) is 1.06. The molecular weight excluding hydrogens is 406 g/mol. The smallest absolute Gasteiger partial charge is 0.264 e. The lowest BCUT2D eigenvalue weighted by atomic mass is 10.2. The highest BCUT2D eigenvalue weighted by atomic mass is 79.9. The highest BCUT2D eigenvalue weighted by Gasteiger charge is 2.24. The summed E-state index contributed by atoms with van der Waals surface area (Å²) in [5.74, 6) is 0.130. The summed E-state index contributed by atoms with van der Waals surface area (Å²) in [6.45, 7) is 5.24. The van der Waals surface area contributed by atoms with Crippen LogP contribution in [0.1, 0.15) is 15.2 Å². The van der Waals surface area contributed by atoms with Crippen molar-refractivity contribution >= 4 is 59.9 Å². The Morgan fingerprint density at radius 2 is 1.92 bits per heavy atom. The van der Waals surface area contributed by atoms with E-state index in [2.05, 4.69) is 46.0 Å². The molecule has 0 atom stereocenters. The summed E-state index contributed by atoms with van der Waals surface area (Å²) < 4.78 is 2.22. The highest BCUT2D eigenvalue weighted by Crippen LogP contribution is 2.31. The molecule has 4 rings (SSSR count). The van der Waals surface area contributed by atoms with Gasteiger partial charge < -0.3 is 9.80 Å². The summed E-state index contributed by atoms with van der Waals surface area (Å²) in [7, 11) is 0. The number of hydrogen-bond acceptors (Lipinski definition) is 5. The first-order valence-electron chi connectivity index (χ1n) is 7.77. The molecule has 7 heteroatoms. The molecule has 0 N–H and O–H groups in total. The van der Waals surface area contributed by atoms with Crippen LogP contribution in [0.5, 0.6) is 0 Å². The number of aryl methyl sites for hydroxylation is 1. The van der Waals surface area contributed by atoms with Gasteiger partial charge in [0.1, 0.15) is 0 Å². The van der Waals surface area contributed by atoms with Gasteiger partial charge in [0.2, 0.25) is 0 Å². The van der Waals surface area contributed by atoms with E-state index < -0.39 is 0 Å². The predicted octanol–water partition coefficient (Wildman–Crippen LogP) is 4.39. The summed E-state index contributed by atoms with van der Waals surface area (Å²) >= 11 is 6.65. The molecule has 1 aliphatic rings. The number of fused-ring (bicyclic) bond motifs is 1. The number of halogens is 1. The largest absolute Gasteiger partial charge is 0.345 e. The Balaban J connectivity index is 1.47. The Bertz CT molecular complexity index is 896. The van der Waals surface area contributed by atoms with Crippen LogP contribution in [-0.4, -0.2) is 42.0 Å². The van der Waals surface area contributed by atoms with Gasteiger partial charge in [0, 0.05) is 26.2 Å². The van der Waals surface area contributed by atoms with Crippen molar-refractivity contribution in [3.8, 4) is 0 Å². The molecule has 0 unspecified atom stereocenters. The number of carbonyl (C=O) groups excluding carboxylic acids is 1. The lowest BCUT2D eigenvalue weighted by Gasteiger charge is -2.34. The number of para-hydroxylation sites is 1. The number of thiazole rings is 1. The molecule has 0 bridgehead atoms. The van der Waals surface area contributed by atoms with E-state index >= 15 is 0 Å². The minimum absolute atomic E-state index is 0.130. The van der Waals surface area contributed by atoms with Gasteiger partial charge in [-0.15, -0.1) is 11.3 Å². The van der Waals surface area contributed by atoms with Crippen LogP contribution in [0, 0.1) is 6.92 Å². The van der Waals surface area contributed by atoms with Gasteiger partial charge in [0.05, 0.1) is 18.9 Å². The van der Waals surface area contributed by atoms with Gasteiger partial charge in [0.15, 0.2) is 5.13 Å². The number of anilines is 1. The van der Waals surface area contributed by atoms with Crippen molar-refractivity contribution < 1.29 is 4.79 Å². The number of piperazine rings is 1. The van der Waals surface area contributed by atoms with E-state index in [-0.39, 0.29) is 5.91 Å². The van der Waals surface area contributed by atoms with Gasteiger partial charge in [-0.2, -0.15) is 0 Å². The van der Waals surface area contributed by atoms with E-state index in [4.69, 9.17) is 4.98 Å². The van der Waals surface area contributed by atoms with Crippen molar-refractivity contribution in [1.82, 2.24) is 9.88 Å². The van der Waals surface area contributed by atoms with Crippen LogP contribution in [0.3, 0.4) is 0 Å². The van der Waals surface area contributed by atoms with E-state index in [0.29, 0.717) is 0 Å². The molecule has 1 aliphatic heterocycles. The maximum absolute atomic E-state index is 12.5. The second kappa shape index (κ2) is 6.46. The molecule has 3 heterocycles. The fraction of sp³-hybridized carbons (Fsp3) is 0.294. The lowest BCUT2D eigenvalue weighted by Crippen LogP contribution is -2.48. The molecule has 1 fully saturated rings. The second-order valence-electron chi connectivity index (χ2n) is 5.80. The van der Waals surface area contributed by atoms with E-state index in [9.17, 15) is 4.79 Å². The zero-order valence-electron chi connectivity index (χ0n) is 13.2. The number of rotatable bonds is 2. The van der Waals surface area contributed by atoms with Crippen molar-refractivity contribution in [2.24, 2.45) is 0 Å². The van der Waals surface area contributed by atoms with Crippen molar-refractivity contribution in [2.45, 2.75) is 6.92 Å². The van der Waals surface area contributed by atoms with Gasteiger partial charge >= 0.3 is 0 Å². The summed E-state index contributed by atoms with van der Waals surface area (Å²) in [6, 6.07) is 10.1. The molecule has 0 aliphatic carbocycles. The number of hydrogen-bond donors (Lipinski definition) is 0. The molecule has 0 radical (unpaired) electrons. The van der Waals surface area contributed by atoms with Gasteiger partial charge in [-0.1, -0.05) is 23.5 Å². The van der Waals surface area contributed by atoms with Crippen molar-refractivity contribution in [3.05, 3.63) is 44.6 Å². The number of benzene rings is 1. The quantitative estimate of drug-likeness (QED) is 0.615. The third-order valence-corrected chi connectivity index (χ3v) is 6.92. The molecule has 1 saturated heterocycles. The third-order valence-electron chi connectivity index (χ3n) is 4.23. The van der Waals surface area contributed by atoms with Crippen molar-refractivity contribution in [3.63, 3.8) is 0 Å². The van der Waals surface area contributed by atoms with Crippen LogP contribution in [0.2, 0.25) is 0 Å². The molecule has 0 spiro atoms. The molecule has 3 aromatic rings. The third kappa shape index (κ3) is 2.96. The summed E-state index contributed by atoms with van der Waals surface area (Å²) in [6.07, 6.45) is 0. The second-order valence-corrected chi connectivity index (χ2v) is 9.27. The molecule has 1 aromatic carbocycles. The highest BCUT2D eigenvalue weighted by molar-refractivity contribution is 9.11. The number of carbonyl (C=O) groups is 1. The Morgan fingerprint density at radius 1 is 1.12 bits per heavy atom. The van der Waals surface area contributed by atoms with E-state index in [1.165, 1.54) is 21.6 Å². The Morgan fingerprint density at radius 3 is 2.58 bits per heavy atom. The Kier molecular flexibility index (Phi) is 4.32. The van der Waals surface area contributed by atoms with Gasteiger partial charge in [-0.05, 0) is 46.6 Å². The lowest BCUT2D eigenvalue weighted by molar-refractivity contribution is 0.0751. The van der Waals surface area contributed by atoms with Crippen LogP contribution in [-0.2, 0) is 0 Å². The number of nitrogens with zero attached hydrogens (tertiary/aromatic N) is 3. The zero-order chi connectivity index (χ0) is 16.7. The number of aromatic nitrogens is 1. The maximum atomic E-state index is 12.5. The van der Waals surface area contributed by atoms with Crippen LogP contribution >= 0.6 is 38.6 Å². The molecule has 4 nitrogen and oxygen atoms in total. The van der Waals surface area contributed by atoms with E-state index in [1.54, 1.807) is 11.3 Å². The molecule has 1 amide bonds. The number of amides is 1. The maximum Gasteiger partial charge on any atom is 0.264 e.